The molecule has 0 aromatic heterocycles. The average Bonchev–Trinajstić information content (AvgIpc) is 3.12. The van der Waals surface area contributed by atoms with Gasteiger partial charge in [0, 0.05) is 18.4 Å². The predicted octanol–water partition coefficient (Wildman–Crippen LogP) is 6.80. The van der Waals surface area contributed by atoms with Crippen LogP contribution >= 0.6 is 0 Å². The number of ether oxygens (including phenoxy) is 4. The van der Waals surface area contributed by atoms with Crippen molar-refractivity contribution in [2.45, 2.75) is 64.7 Å². The van der Waals surface area contributed by atoms with E-state index in [0.717, 1.165) is 53.5 Å². The van der Waals surface area contributed by atoms with Gasteiger partial charge in [-0.15, -0.1) is 0 Å². The molecule has 8 heteroatoms. The molecule has 0 spiro atoms. The first-order valence-corrected chi connectivity index (χ1v) is 14.3. The molecule has 3 aromatic carbocycles. The highest BCUT2D eigenvalue weighted by molar-refractivity contribution is 5.87. The Morgan fingerprint density at radius 1 is 0.952 bits per heavy atom. The number of carbonyl (C=O) groups is 3. The monoisotopic (exact) mass is 574 g/mol. The molecule has 0 saturated heterocycles. The SMILES string of the molecule is CCOc1cc2c(c(OC)c1OC)-c1ccc(OC(=O)CCc3ccc(C(=O)O)cc3)cc1[C@@H](CCCC(C)=O)CC2. The van der Waals surface area contributed by atoms with Crippen molar-refractivity contribution in [3.8, 4) is 34.1 Å². The van der Waals surface area contributed by atoms with Crippen molar-refractivity contribution in [1.82, 2.24) is 0 Å². The van der Waals surface area contributed by atoms with Crippen LogP contribution in [-0.4, -0.2) is 43.7 Å². The van der Waals surface area contributed by atoms with Crippen molar-refractivity contribution < 1.29 is 38.4 Å². The van der Waals surface area contributed by atoms with Gasteiger partial charge in [-0.1, -0.05) is 18.2 Å². The number of fused-ring (bicyclic) bond motifs is 3. The van der Waals surface area contributed by atoms with Crippen LogP contribution in [0.25, 0.3) is 11.1 Å². The molecule has 1 aliphatic rings. The van der Waals surface area contributed by atoms with Gasteiger partial charge in [0.05, 0.1) is 26.4 Å². The first-order valence-electron chi connectivity index (χ1n) is 14.3. The Labute approximate surface area is 246 Å². The van der Waals surface area contributed by atoms with Crippen LogP contribution in [0.3, 0.4) is 0 Å². The molecule has 1 N–H and O–H groups in total. The van der Waals surface area contributed by atoms with Gasteiger partial charge >= 0.3 is 11.9 Å². The number of hydrogen-bond donors (Lipinski definition) is 1. The summed E-state index contributed by atoms with van der Waals surface area (Å²) in [4.78, 5) is 35.6. The third-order valence-electron chi connectivity index (χ3n) is 7.62. The molecule has 0 aliphatic heterocycles. The van der Waals surface area contributed by atoms with E-state index < -0.39 is 5.97 Å². The molecule has 0 radical (unpaired) electrons. The predicted molar refractivity (Wildman–Crippen MR) is 159 cm³/mol. The second-order valence-electron chi connectivity index (χ2n) is 10.5. The van der Waals surface area contributed by atoms with Crippen LogP contribution in [-0.2, 0) is 22.4 Å². The van der Waals surface area contributed by atoms with Gasteiger partial charge in [-0.05, 0) is 104 Å². The number of aromatic carboxylic acids is 1. The molecule has 0 fully saturated rings. The van der Waals surface area contributed by atoms with Crippen LogP contribution < -0.4 is 18.9 Å². The van der Waals surface area contributed by atoms with Crippen LogP contribution in [0.2, 0.25) is 0 Å². The van der Waals surface area contributed by atoms with Gasteiger partial charge in [0.25, 0.3) is 0 Å². The number of ketones is 1. The number of carboxylic acid groups (broad SMARTS) is 1. The second kappa shape index (κ2) is 14.0. The van der Waals surface area contributed by atoms with Crippen molar-refractivity contribution in [2.24, 2.45) is 0 Å². The number of carbonyl (C=O) groups excluding carboxylic acids is 2. The normalized spacial score (nSPS) is 13.8. The van der Waals surface area contributed by atoms with E-state index in [0.29, 0.717) is 42.4 Å². The van der Waals surface area contributed by atoms with Crippen LogP contribution in [0.5, 0.6) is 23.0 Å². The molecule has 3 aromatic rings. The number of carboxylic acids is 1. The topological polar surface area (TPSA) is 108 Å². The fraction of sp³-hybridized carbons (Fsp3) is 0.382. The maximum Gasteiger partial charge on any atom is 0.335 e. The van der Waals surface area contributed by atoms with Gasteiger partial charge in [0.2, 0.25) is 5.75 Å². The molecule has 8 nitrogen and oxygen atoms in total. The summed E-state index contributed by atoms with van der Waals surface area (Å²) >= 11 is 0. The maximum absolute atomic E-state index is 12.8. The molecular formula is C34H38O8. The van der Waals surface area contributed by atoms with Crippen LogP contribution in [0.1, 0.15) is 78.9 Å². The summed E-state index contributed by atoms with van der Waals surface area (Å²) in [6.45, 7) is 4.03. The highest BCUT2D eigenvalue weighted by atomic mass is 16.5. The smallest absolute Gasteiger partial charge is 0.335 e. The summed E-state index contributed by atoms with van der Waals surface area (Å²) in [6, 6.07) is 14.2. The molecular weight excluding hydrogens is 536 g/mol. The average molecular weight is 575 g/mol. The highest BCUT2D eigenvalue weighted by Gasteiger charge is 2.29. The van der Waals surface area contributed by atoms with E-state index in [1.807, 2.05) is 25.1 Å². The van der Waals surface area contributed by atoms with Crippen molar-refractivity contribution in [3.63, 3.8) is 0 Å². The van der Waals surface area contributed by atoms with Gasteiger partial charge in [-0.3, -0.25) is 4.79 Å². The Balaban J connectivity index is 1.65. The molecule has 0 unspecified atom stereocenters. The summed E-state index contributed by atoms with van der Waals surface area (Å²) in [7, 11) is 3.21. The minimum absolute atomic E-state index is 0.143. The summed E-state index contributed by atoms with van der Waals surface area (Å²) < 4.78 is 23.3. The molecule has 42 heavy (non-hydrogen) atoms. The van der Waals surface area contributed by atoms with Crippen LogP contribution in [0, 0.1) is 0 Å². The first kappa shape index (κ1) is 30.6. The standard InChI is InChI=1S/C34H38O8/c1-5-41-29-19-25-15-14-23(8-6-7-21(2)35)28-20-26(16-17-27(28)31(25)33(40-4)32(29)39-3)42-30(36)18-11-22-9-12-24(13-10-22)34(37)38/h9-10,12-13,16-17,19-20,23H,5-8,11,14-15,18H2,1-4H3,(H,37,38)/t23-/m0/s1. The summed E-state index contributed by atoms with van der Waals surface area (Å²) in [6.07, 6.45) is 4.33. The van der Waals surface area contributed by atoms with Gasteiger partial charge in [0.15, 0.2) is 11.5 Å². The molecule has 0 heterocycles. The minimum atomic E-state index is -0.989. The summed E-state index contributed by atoms with van der Waals surface area (Å²) in [5, 5.41) is 9.09. The summed E-state index contributed by atoms with van der Waals surface area (Å²) in [5.74, 6) is 1.17. The minimum Gasteiger partial charge on any atom is -0.492 e. The third-order valence-corrected chi connectivity index (χ3v) is 7.62. The largest absolute Gasteiger partial charge is 0.492 e. The Morgan fingerprint density at radius 2 is 1.69 bits per heavy atom. The summed E-state index contributed by atoms with van der Waals surface area (Å²) in [5.41, 5.74) is 5.10. The van der Waals surface area contributed by atoms with Gasteiger partial charge in [-0.25, -0.2) is 4.79 Å². The maximum atomic E-state index is 12.8. The molecule has 0 saturated carbocycles. The van der Waals surface area contributed by atoms with E-state index in [1.54, 1.807) is 39.3 Å². The first-order chi connectivity index (χ1) is 20.2. The number of Topliss-reactive ketones (excluding diaryl/α,β-unsaturated/α-hetero) is 1. The van der Waals surface area contributed by atoms with Gasteiger partial charge in [0.1, 0.15) is 11.5 Å². The van der Waals surface area contributed by atoms with Crippen LogP contribution in [0.15, 0.2) is 48.5 Å². The molecule has 0 amide bonds. The van der Waals surface area contributed by atoms with Crippen LogP contribution in [0.4, 0.5) is 0 Å². The van der Waals surface area contributed by atoms with Crippen molar-refractivity contribution in [2.75, 3.05) is 20.8 Å². The zero-order chi connectivity index (χ0) is 30.2. The van der Waals surface area contributed by atoms with Crippen molar-refractivity contribution in [3.05, 3.63) is 70.8 Å². The van der Waals surface area contributed by atoms with E-state index in [9.17, 15) is 14.4 Å². The molecule has 4 rings (SSSR count). The highest BCUT2D eigenvalue weighted by Crippen LogP contribution is 2.52. The van der Waals surface area contributed by atoms with Gasteiger partial charge < -0.3 is 28.8 Å². The fourth-order valence-corrected chi connectivity index (χ4v) is 5.61. The lowest BCUT2D eigenvalue weighted by Gasteiger charge is -2.21. The van der Waals surface area contributed by atoms with E-state index in [2.05, 4.69) is 0 Å². The second-order valence-corrected chi connectivity index (χ2v) is 10.5. The lowest BCUT2D eigenvalue weighted by Crippen LogP contribution is -2.10. The number of aryl methyl sites for hydroxylation is 2. The molecule has 0 bridgehead atoms. The number of benzene rings is 3. The van der Waals surface area contributed by atoms with E-state index in [4.69, 9.17) is 24.1 Å². The molecule has 222 valence electrons. The Hall–Kier alpha value is -4.33. The Morgan fingerprint density at radius 3 is 2.33 bits per heavy atom. The molecule has 1 atom stereocenters. The fourth-order valence-electron chi connectivity index (χ4n) is 5.61. The zero-order valence-corrected chi connectivity index (χ0v) is 24.7. The lowest BCUT2D eigenvalue weighted by molar-refractivity contribution is -0.134. The zero-order valence-electron chi connectivity index (χ0n) is 24.7. The van der Waals surface area contributed by atoms with E-state index in [-0.39, 0.29) is 29.7 Å². The lowest BCUT2D eigenvalue weighted by atomic mass is 9.87. The van der Waals surface area contributed by atoms with E-state index in [1.165, 1.54) is 12.1 Å². The Bertz CT molecular complexity index is 1440. The van der Waals surface area contributed by atoms with E-state index >= 15 is 0 Å². The third kappa shape index (κ3) is 7.11. The van der Waals surface area contributed by atoms with Gasteiger partial charge in [-0.2, -0.15) is 0 Å². The molecule has 1 aliphatic carbocycles. The number of rotatable bonds is 13. The quantitative estimate of drug-likeness (QED) is 0.176. The van der Waals surface area contributed by atoms with Crippen molar-refractivity contribution >= 4 is 17.7 Å². The number of esters is 1. The number of methoxy groups -OCH3 is 2. The van der Waals surface area contributed by atoms with Crippen molar-refractivity contribution in [1.29, 1.82) is 0 Å². The Kier molecular flexibility index (Phi) is 10.2. The number of hydrogen-bond acceptors (Lipinski definition) is 7.